The van der Waals surface area contributed by atoms with E-state index in [9.17, 15) is 0 Å². The Morgan fingerprint density at radius 1 is 0.395 bits per heavy atom. The summed E-state index contributed by atoms with van der Waals surface area (Å²) in [7, 11) is 0. The third kappa shape index (κ3) is 5.10. The van der Waals surface area contributed by atoms with E-state index in [0.717, 1.165) is 0 Å². The van der Waals surface area contributed by atoms with Crippen LogP contribution in [0.4, 0.5) is 34.1 Å². The number of hydrogen-bond donors (Lipinski definition) is 0. The molecule has 17 rings (SSSR count). The molecule has 0 radical (unpaired) electrons. The van der Waals surface area contributed by atoms with Gasteiger partial charge in [0.05, 0.1) is 16.5 Å². The second-order valence-electron chi connectivity index (χ2n) is 23.2. The van der Waals surface area contributed by atoms with Crippen LogP contribution in [0.2, 0.25) is 0 Å². The van der Waals surface area contributed by atoms with Gasteiger partial charge in [0, 0.05) is 43.7 Å². The summed E-state index contributed by atoms with van der Waals surface area (Å²) in [4.78, 5) is 6.74. The van der Waals surface area contributed by atoms with Crippen molar-refractivity contribution >= 4 is 67.9 Å². The number of thiophene rings is 1. The lowest BCUT2D eigenvalue weighted by Crippen LogP contribution is -2.60. The Bertz CT molecular complexity index is 4290. The van der Waals surface area contributed by atoms with E-state index in [0.29, 0.717) is 0 Å². The number of nitrogens with zero attached hydrogens (tertiary/aromatic N) is 2. The van der Waals surface area contributed by atoms with Gasteiger partial charge in [-0.1, -0.05) is 202 Å². The first-order valence-corrected chi connectivity index (χ1v) is 27.8. The van der Waals surface area contributed by atoms with Crippen molar-refractivity contribution in [3.63, 3.8) is 0 Å². The minimum atomic E-state index is -0.489. The zero-order valence-corrected chi connectivity index (χ0v) is 44.0. The van der Waals surface area contributed by atoms with Crippen molar-refractivity contribution in [2.75, 3.05) is 9.80 Å². The van der Waals surface area contributed by atoms with E-state index in [1.54, 1.807) is 0 Å². The van der Waals surface area contributed by atoms with Gasteiger partial charge in [0.15, 0.2) is 0 Å². The summed E-state index contributed by atoms with van der Waals surface area (Å²) in [5.74, 6) is 0. The van der Waals surface area contributed by atoms with Crippen molar-refractivity contribution in [2.45, 2.75) is 50.9 Å². The van der Waals surface area contributed by atoms with E-state index < -0.39 is 10.8 Å². The summed E-state index contributed by atoms with van der Waals surface area (Å²) >= 11 is 2.08. The van der Waals surface area contributed by atoms with Crippen molar-refractivity contribution in [1.82, 2.24) is 0 Å². The lowest BCUT2D eigenvalue weighted by atomic mass is 9.36. The first-order chi connectivity index (χ1) is 37.2. The molecule has 0 fully saturated rings. The Morgan fingerprint density at radius 3 is 1.45 bits per heavy atom. The zero-order valence-electron chi connectivity index (χ0n) is 43.2. The highest BCUT2D eigenvalue weighted by Crippen LogP contribution is 2.68. The van der Waals surface area contributed by atoms with Gasteiger partial charge in [0.1, 0.15) is 0 Å². The summed E-state index contributed by atoms with van der Waals surface area (Å²) in [6.07, 6.45) is 0. The first kappa shape index (κ1) is 42.9. The zero-order chi connectivity index (χ0) is 50.6. The molecule has 1 aromatic heterocycles. The molecule has 3 heterocycles. The van der Waals surface area contributed by atoms with Crippen molar-refractivity contribution in [2.24, 2.45) is 0 Å². The summed E-state index contributed by atoms with van der Waals surface area (Å²) in [6.45, 7) is 11.5. The predicted octanol–water partition coefficient (Wildman–Crippen LogP) is 16.4. The van der Waals surface area contributed by atoms with Crippen LogP contribution in [0.25, 0.3) is 44.5 Å². The molecular weight excluding hydrogens is 936 g/mol. The van der Waals surface area contributed by atoms with Crippen LogP contribution >= 0.6 is 11.3 Å². The van der Waals surface area contributed by atoms with Gasteiger partial charge >= 0.3 is 0 Å². The fourth-order valence-corrected chi connectivity index (χ4v) is 17.0. The average molecular weight is 987 g/mol. The first-order valence-electron chi connectivity index (χ1n) is 27.0. The average Bonchev–Trinajstić information content (AvgIpc) is 4.24. The number of benzene rings is 10. The molecule has 11 aromatic rings. The molecule has 0 N–H and O–H groups in total. The van der Waals surface area contributed by atoms with Gasteiger partial charge in [-0.2, -0.15) is 0 Å². The quantitative estimate of drug-likeness (QED) is 0.159. The normalized spacial score (nSPS) is 15.3. The van der Waals surface area contributed by atoms with Crippen molar-refractivity contribution in [3.8, 4) is 44.5 Å². The lowest BCUT2D eigenvalue weighted by Gasteiger charge is -2.44. The van der Waals surface area contributed by atoms with Crippen LogP contribution in [-0.4, -0.2) is 6.71 Å². The van der Waals surface area contributed by atoms with Gasteiger partial charge in [0.25, 0.3) is 6.71 Å². The maximum absolute atomic E-state index is 2.67. The summed E-state index contributed by atoms with van der Waals surface area (Å²) < 4.78 is 1.40. The summed E-state index contributed by atoms with van der Waals surface area (Å²) in [5.41, 5.74) is 33.3. The lowest BCUT2D eigenvalue weighted by molar-refractivity contribution is 0.590. The Kier molecular flexibility index (Phi) is 8.29. The molecule has 6 aliphatic rings. The highest BCUT2D eigenvalue weighted by molar-refractivity contribution is 7.30. The molecule has 2 aliphatic heterocycles. The number of anilines is 6. The molecule has 4 aliphatic carbocycles. The smallest absolute Gasteiger partial charge is 0.264 e. The SMILES string of the molecule is Cc1cc2c3c(c1)N(c1ccccc1)c1c(sc4c1-c1ccc(C)cc1C41c4ccccc4-c4ccccc41)B3c1cc3c(cc1N2c1ccc(C(C)(C)C)cc1)C1(c2ccccc2-c2ccccc21)c1ccccc1-3. The number of rotatable bonds is 2. The number of hydrogen-bond acceptors (Lipinski definition) is 3. The second kappa shape index (κ2) is 14.7. The van der Waals surface area contributed by atoms with Gasteiger partial charge in [0.2, 0.25) is 0 Å². The fourth-order valence-electron chi connectivity index (χ4n) is 15.4. The molecule has 4 heteroatoms. The minimum Gasteiger partial charge on any atom is -0.311 e. The molecule has 0 saturated heterocycles. The predicted molar refractivity (Wildman–Crippen MR) is 319 cm³/mol. The molecule has 0 atom stereocenters. The molecule has 0 saturated carbocycles. The summed E-state index contributed by atoms with van der Waals surface area (Å²) in [5, 5.41) is 0. The second-order valence-corrected chi connectivity index (χ2v) is 24.3. The van der Waals surface area contributed by atoms with E-state index in [1.807, 2.05) is 0 Å². The number of para-hydroxylation sites is 1. The molecule has 0 unspecified atom stereocenters. The van der Waals surface area contributed by atoms with Crippen molar-refractivity contribution < 1.29 is 0 Å². The maximum atomic E-state index is 2.67. The van der Waals surface area contributed by atoms with Crippen LogP contribution in [0.3, 0.4) is 0 Å². The van der Waals surface area contributed by atoms with E-state index in [2.05, 4.69) is 274 Å². The molecule has 358 valence electrons. The molecule has 10 aromatic carbocycles. The van der Waals surface area contributed by atoms with Crippen LogP contribution in [0.15, 0.2) is 218 Å². The molecular formula is C72H51BN2S. The maximum Gasteiger partial charge on any atom is 0.264 e. The molecule has 2 nitrogen and oxygen atoms in total. The third-order valence-corrected chi connectivity index (χ3v) is 19.7. The third-order valence-electron chi connectivity index (χ3n) is 18.3. The van der Waals surface area contributed by atoms with E-state index in [4.69, 9.17) is 0 Å². The molecule has 0 amide bonds. The van der Waals surface area contributed by atoms with Gasteiger partial charge < -0.3 is 9.80 Å². The van der Waals surface area contributed by atoms with E-state index >= 15 is 0 Å². The Morgan fingerprint density at radius 2 is 0.882 bits per heavy atom. The Balaban J connectivity index is 1.03. The molecule has 76 heavy (non-hydrogen) atoms. The van der Waals surface area contributed by atoms with Gasteiger partial charge in [-0.15, -0.1) is 11.3 Å². The summed E-state index contributed by atoms with van der Waals surface area (Å²) in [6, 6.07) is 84.7. The number of fused-ring (bicyclic) bond motifs is 25. The highest BCUT2D eigenvalue weighted by Gasteiger charge is 2.58. The van der Waals surface area contributed by atoms with E-state index in [1.165, 1.54) is 155 Å². The number of aryl methyl sites for hydroxylation is 2. The monoisotopic (exact) mass is 986 g/mol. The van der Waals surface area contributed by atoms with Crippen LogP contribution in [0.1, 0.15) is 81.3 Å². The molecule has 0 bridgehead atoms. The van der Waals surface area contributed by atoms with Gasteiger partial charge in [-0.3, -0.25) is 0 Å². The topological polar surface area (TPSA) is 6.48 Å². The molecule has 2 spiro atoms. The van der Waals surface area contributed by atoms with Crippen LogP contribution in [0, 0.1) is 13.8 Å². The van der Waals surface area contributed by atoms with Crippen molar-refractivity contribution in [1.29, 1.82) is 0 Å². The van der Waals surface area contributed by atoms with Gasteiger partial charge in [-0.25, -0.2) is 0 Å². The standard InChI is InChI=1S/C72H51BN2S/c1-42-31-36-52-59(37-42)72(57-29-17-11-23-49(57)50-24-12-18-30-58(50)72)68-65(52)67-69(76-68)73-61-40-53-51-25-13-16-28-56(51)71(54-26-14-9-21-47(54)48-22-10-15-27-55(48)71)60(53)41-62(61)74(46-34-32-44(33-35-46)70(3,4)5)63-38-43(2)39-64(66(63)73)75(67)45-19-7-6-8-20-45/h6-41H,1-5H3. The van der Waals surface area contributed by atoms with Gasteiger partial charge in [-0.05, 0) is 162 Å². The highest BCUT2D eigenvalue weighted by atomic mass is 32.1. The van der Waals surface area contributed by atoms with Crippen molar-refractivity contribution in [3.05, 3.63) is 279 Å². The Labute approximate surface area is 449 Å². The van der Waals surface area contributed by atoms with Crippen LogP contribution in [-0.2, 0) is 16.2 Å². The van der Waals surface area contributed by atoms with E-state index in [-0.39, 0.29) is 12.1 Å². The largest absolute Gasteiger partial charge is 0.311 e. The Hall–Kier alpha value is -8.44. The minimum absolute atomic E-state index is 0.00927. The fraction of sp³-hybridized carbons (Fsp3) is 0.111. The van der Waals surface area contributed by atoms with Crippen LogP contribution < -0.4 is 25.5 Å². The van der Waals surface area contributed by atoms with Crippen LogP contribution in [0.5, 0.6) is 0 Å².